The Morgan fingerprint density at radius 3 is 2.92 bits per heavy atom. The van der Waals surface area contributed by atoms with Gasteiger partial charge in [-0.05, 0) is 38.0 Å². The molecule has 1 aliphatic rings. The monoisotopic (exact) mass is 349 g/mol. The van der Waals surface area contributed by atoms with Crippen LogP contribution in [0.15, 0.2) is 35.0 Å². The predicted octanol–water partition coefficient (Wildman–Crippen LogP) is 4.46. The Hall–Kier alpha value is -3.07. The molecular weight excluding hydrogens is 330 g/mol. The van der Waals surface area contributed by atoms with Gasteiger partial charge in [-0.15, -0.1) is 0 Å². The summed E-state index contributed by atoms with van der Waals surface area (Å²) in [5, 5.41) is 14.2. The van der Waals surface area contributed by atoms with Crippen molar-refractivity contribution < 1.29 is 14.1 Å². The minimum atomic E-state index is -0.506. The third-order valence-corrected chi connectivity index (χ3v) is 4.95. The number of fused-ring (bicyclic) bond motifs is 1. The Morgan fingerprint density at radius 2 is 2.19 bits per heavy atom. The van der Waals surface area contributed by atoms with Crippen LogP contribution in [0.25, 0.3) is 22.2 Å². The van der Waals surface area contributed by atoms with Crippen LogP contribution in [0.1, 0.15) is 54.7 Å². The molecule has 2 heterocycles. The molecule has 0 bridgehead atoms. The lowest BCUT2D eigenvalue weighted by molar-refractivity contribution is 0.0514. The van der Waals surface area contributed by atoms with Gasteiger partial charge in [0.05, 0.1) is 12.2 Å². The van der Waals surface area contributed by atoms with Gasteiger partial charge >= 0.3 is 5.97 Å². The molecule has 0 radical (unpaired) electrons. The molecule has 1 saturated carbocycles. The molecule has 0 spiro atoms. The van der Waals surface area contributed by atoms with Crippen LogP contribution in [-0.4, -0.2) is 22.3 Å². The predicted molar refractivity (Wildman–Crippen MR) is 95.6 cm³/mol. The van der Waals surface area contributed by atoms with Gasteiger partial charge in [0, 0.05) is 34.8 Å². The molecule has 6 heteroatoms. The number of benzene rings is 1. The smallest absolute Gasteiger partial charge is 0.360 e. The number of hydrogen-bond acceptors (Lipinski definition) is 5. The summed E-state index contributed by atoms with van der Waals surface area (Å²) in [6, 6.07) is 10.2. The van der Waals surface area contributed by atoms with Gasteiger partial charge in [-0.1, -0.05) is 18.0 Å². The summed E-state index contributed by atoms with van der Waals surface area (Å²) in [6.45, 7) is 2.03. The van der Waals surface area contributed by atoms with Crippen molar-refractivity contribution in [3.05, 3.63) is 41.7 Å². The summed E-state index contributed by atoms with van der Waals surface area (Å²) in [7, 11) is 0. The second-order valence-electron chi connectivity index (χ2n) is 6.53. The zero-order valence-electron chi connectivity index (χ0n) is 14.6. The van der Waals surface area contributed by atoms with Crippen LogP contribution in [0.4, 0.5) is 0 Å². The lowest BCUT2D eigenvalue weighted by atomic mass is 10.1. The number of esters is 1. The Bertz CT molecular complexity index is 1000. The fraction of sp³-hybridized carbons (Fsp3) is 0.350. The molecule has 3 aromatic rings. The first-order chi connectivity index (χ1) is 12.7. The van der Waals surface area contributed by atoms with E-state index in [1.54, 1.807) is 13.0 Å². The Morgan fingerprint density at radius 1 is 1.38 bits per heavy atom. The lowest BCUT2D eigenvalue weighted by Gasteiger charge is -2.13. The number of carbonyl (C=O) groups excluding carboxylic acids is 1. The van der Waals surface area contributed by atoms with E-state index in [1.807, 2.05) is 24.4 Å². The Balaban J connectivity index is 1.74. The number of carbonyl (C=O) groups is 1. The quantitative estimate of drug-likeness (QED) is 0.650. The van der Waals surface area contributed by atoms with Gasteiger partial charge in [0.25, 0.3) is 0 Å². The van der Waals surface area contributed by atoms with E-state index in [1.165, 1.54) is 12.8 Å². The molecule has 0 aliphatic heterocycles. The summed E-state index contributed by atoms with van der Waals surface area (Å²) in [5.74, 6) is -0.0267. The van der Waals surface area contributed by atoms with E-state index in [9.17, 15) is 10.1 Å². The number of aromatic nitrogens is 2. The molecule has 0 N–H and O–H groups in total. The van der Waals surface area contributed by atoms with Gasteiger partial charge in [0.15, 0.2) is 11.5 Å². The number of rotatable bonds is 4. The lowest BCUT2D eigenvalue weighted by Crippen LogP contribution is -2.04. The minimum Gasteiger partial charge on any atom is -0.461 e. The molecule has 0 amide bonds. The molecule has 1 fully saturated rings. The summed E-state index contributed by atoms with van der Waals surface area (Å²) in [4.78, 5) is 11.8. The number of hydrogen-bond donors (Lipinski definition) is 0. The van der Waals surface area contributed by atoms with Gasteiger partial charge in [-0.25, -0.2) is 4.79 Å². The van der Waals surface area contributed by atoms with Crippen molar-refractivity contribution in [1.82, 2.24) is 9.72 Å². The van der Waals surface area contributed by atoms with Crippen LogP contribution in [0, 0.1) is 11.3 Å². The molecule has 0 unspecified atom stereocenters. The van der Waals surface area contributed by atoms with E-state index in [2.05, 4.69) is 15.8 Å². The molecule has 6 nitrogen and oxygen atoms in total. The van der Waals surface area contributed by atoms with E-state index < -0.39 is 5.97 Å². The van der Waals surface area contributed by atoms with Gasteiger partial charge < -0.3 is 13.8 Å². The average molecular weight is 349 g/mol. The third kappa shape index (κ3) is 2.76. The van der Waals surface area contributed by atoms with E-state index >= 15 is 0 Å². The molecule has 132 valence electrons. The first kappa shape index (κ1) is 16.4. The van der Waals surface area contributed by atoms with Crippen molar-refractivity contribution in [1.29, 1.82) is 5.26 Å². The maximum Gasteiger partial charge on any atom is 0.360 e. The summed E-state index contributed by atoms with van der Waals surface area (Å²) < 4.78 is 12.5. The largest absolute Gasteiger partial charge is 0.461 e. The van der Waals surface area contributed by atoms with Crippen molar-refractivity contribution in [3.8, 4) is 17.4 Å². The highest BCUT2D eigenvalue weighted by Gasteiger charge is 2.21. The second-order valence-corrected chi connectivity index (χ2v) is 6.53. The van der Waals surface area contributed by atoms with Crippen LogP contribution >= 0.6 is 0 Å². The van der Waals surface area contributed by atoms with Crippen molar-refractivity contribution in [2.24, 2.45) is 0 Å². The maximum absolute atomic E-state index is 11.8. The zero-order valence-corrected chi connectivity index (χ0v) is 14.6. The average Bonchev–Trinajstić information content (AvgIpc) is 3.39. The molecule has 1 aromatic carbocycles. The van der Waals surface area contributed by atoms with Crippen LogP contribution in [0.2, 0.25) is 0 Å². The fourth-order valence-electron chi connectivity index (χ4n) is 3.69. The number of nitriles is 1. The van der Waals surface area contributed by atoms with Gasteiger partial charge in [0.1, 0.15) is 6.07 Å². The number of nitrogens with zero attached hydrogens (tertiary/aromatic N) is 3. The molecule has 0 atom stereocenters. The van der Waals surface area contributed by atoms with E-state index in [4.69, 9.17) is 9.26 Å². The molecule has 26 heavy (non-hydrogen) atoms. The highest BCUT2D eigenvalue weighted by Crippen LogP contribution is 2.35. The van der Waals surface area contributed by atoms with Gasteiger partial charge in [0.2, 0.25) is 0 Å². The van der Waals surface area contributed by atoms with Crippen molar-refractivity contribution in [3.63, 3.8) is 0 Å². The second kappa shape index (κ2) is 6.68. The molecule has 2 aromatic heterocycles. The summed E-state index contributed by atoms with van der Waals surface area (Å²) >= 11 is 0. The summed E-state index contributed by atoms with van der Waals surface area (Å²) in [6.07, 6.45) is 6.73. The third-order valence-electron chi connectivity index (χ3n) is 4.95. The van der Waals surface area contributed by atoms with Crippen molar-refractivity contribution in [2.75, 3.05) is 6.61 Å². The van der Waals surface area contributed by atoms with Crippen LogP contribution in [-0.2, 0) is 4.74 Å². The minimum absolute atomic E-state index is 0.144. The van der Waals surface area contributed by atoms with Crippen LogP contribution in [0.3, 0.4) is 0 Å². The standard InChI is InChI=1S/C20H19N3O3/c1-2-25-20(24)17-10-19(26-22-17)13-7-8-18-16(9-13)14(11-21)12-23(18)15-5-3-4-6-15/h7-10,12,15H,2-6H2,1H3. The first-order valence-corrected chi connectivity index (χ1v) is 8.90. The van der Waals surface area contributed by atoms with Crippen molar-refractivity contribution in [2.45, 2.75) is 38.6 Å². The first-order valence-electron chi connectivity index (χ1n) is 8.90. The van der Waals surface area contributed by atoms with Crippen LogP contribution < -0.4 is 0 Å². The van der Waals surface area contributed by atoms with E-state index in [0.29, 0.717) is 17.4 Å². The molecule has 4 rings (SSSR count). The zero-order chi connectivity index (χ0) is 18.1. The Kier molecular flexibility index (Phi) is 4.21. The molecular formula is C20H19N3O3. The van der Waals surface area contributed by atoms with E-state index in [-0.39, 0.29) is 12.3 Å². The van der Waals surface area contributed by atoms with Gasteiger partial charge in [-0.2, -0.15) is 5.26 Å². The van der Waals surface area contributed by atoms with E-state index in [0.717, 1.165) is 29.3 Å². The molecule has 1 aliphatic carbocycles. The number of ether oxygens (including phenoxy) is 1. The van der Waals surface area contributed by atoms with Crippen LogP contribution in [0.5, 0.6) is 0 Å². The highest BCUT2D eigenvalue weighted by molar-refractivity contribution is 5.91. The molecule has 0 saturated heterocycles. The normalized spacial score (nSPS) is 14.6. The fourth-order valence-corrected chi connectivity index (χ4v) is 3.69. The van der Waals surface area contributed by atoms with Gasteiger partial charge in [-0.3, -0.25) is 0 Å². The Labute approximate surface area is 151 Å². The SMILES string of the molecule is CCOC(=O)c1cc(-c2ccc3c(c2)c(C#N)cn3C2CCCC2)on1. The maximum atomic E-state index is 11.8. The summed E-state index contributed by atoms with van der Waals surface area (Å²) in [5.41, 5.74) is 2.63. The van der Waals surface area contributed by atoms with Crippen molar-refractivity contribution >= 4 is 16.9 Å². The highest BCUT2D eigenvalue weighted by atomic mass is 16.5. The topological polar surface area (TPSA) is 81.0 Å².